The normalized spacial score (nSPS) is 17.2. The van der Waals surface area contributed by atoms with Gasteiger partial charge in [-0.15, -0.1) is 0 Å². The topological polar surface area (TPSA) is 20.3 Å². The molecule has 104 valence electrons. The highest BCUT2D eigenvalue weighted by Gasteiger charge is 2.14. The van der Waals surface area contributed by atoms with Gasteiger partial charge in [-0.1, -0.05) is 36.0 Å². The molecule has 4 heteroatoms. The van der Waals surface area contributed by atoms with E-state index < -0.39 is 0 Å². The number of nitrogens with zero attached hydrogens (tertiary/aromatic N) is 1. The number of hydrogen-bond acceptors (Lipinski definition) is 2. The molecule has 0 amide bonds. The van der Waals surface area contributed by atoms with Crippen LogP contribution in [0.4, 0.5) is 0 Å². The van der Waals surface area contributed by atoms with Crippen LogP contribution in [0.5, 0.6) is 0 Å². The van der Waals surface area contributed by atoms with E-state index in [2.05, 4.69) is 4.90 Å². The Bertz CT molecular complexity index is 440. The molecule has 0 atom stereocenters. The van der Waals surface area contributed by atoms with Crippen LogP contribution in [0.25, 0.3) is 0 Å². The highest BCUT2D eigenvalue weighted by atomic mass is 35.5. The van der Waals surface area contributed by atoms with Crippen LogP contribution in [-0.4, -0.2) is 30.3 Å². The Morgan fingerprint density at radius 3 is 2.47 bits per heavy atom. The third-order valence-corrected chi connectivity index (χ3v) is 4.15. The summed E-state index contributed by atoms with van der Waals surface area (Å²) in [5, 5.41) is 1.05. The summed E-state index contributed by atoms with van der Waals surface area (Å²) in [5.74, 6) is 0.0803. The van der Waals surface area contributed by atoms with Crippen LogP contribution >= 0.6 is 23.2 Å². The summed E-state index contributed by atoms with van der Waals surface area (Å²) in [4.78, 5) is 14.6. The van der Waals surface area contributed by atoms with E-state index in [1.165, 1.54) is 25.7 Å². The number of ketones is 1. The smallest absolute Gasteiger partial charge is 0.165 e. The van der Waals surface area contributed by atoms with E-state index in [0.29, 0.717) is 22.0 Å². The summed E-state index contributed by atoms with van der Waals surface area (Å²) in [6, 6.07) is 5.05. The van der Waals surface area contributed by atoms with Crippen molar-refractivity contribution < 1.29 is 4.79 Å². The van der Waals surface area contributed by atoms with E-state index in [9.17, 15) is 4.79 Å². The van der Waals surface area contributed by atoms with Crippen molar-refractivity contribution >= 4 is 29.0 Å². The van der Waals surface area contributed by atoms with Gasteiger partial charge in [0, 0.05) is 23.6 Å². The zero-order valence-corrected chi connectivity index (χ0v) is 12.5. The average Bonchev–Trinajstić information content (AvgIpc) is 2.67. The van der Waals surface area contributed by atoms with Gasteiger partial charge >= 0.3 is 0 Å². The zero-order chi connectivity index (χ0) is 13.7. The Balaban J connectivity index is 1.91. The molecule has 1 aliphatic rings. The van der Waals surface area contributed by atoms with Gasteiger partial charge in [-0.25, -0.2) is 0 Å². The van der Waals surface area contributed by atoms with Gasteiger partial charge in [0.1, 0.15) is 0 Å². The molecule has 0 aromatic heterocycles. The fourth-order valence-electron chi connectivity index (χ4n) is 2.47. The fourth-order valence-corrected chi connectivity index (χ4v) is 2.86. The van der Waals surface area contributed by atoms with Crippen molar-refractivity contribution in [3.8, 4) is 0 Å². The Labute approximate surface area is 124 Å². The first-order chi connectivity index (χ1) is 9.16. The SMILES string of the molecule is O=C(CCN1CCCCCC1)c1cc(Cl)ccc1Cl. The minimum Gasteiger partial charge on any atom is -0.303 e. The minimum absolute atomic E-state index is 0.0803. The molecule has 1 aromatic rings. The minimum atomic E-state index is 0.0803. The van der Waals surface area contributed by atoms with Crippen LogP contribution in [0.1, 0.15) is 42.5 Å². The zero-order valence-electron chi connectivity index (χ0n) is 11.0. The number of likely N-dealkylation sites (tertiary alicyclic amines) is 1. The fraction of sp³-hybridized carbons (Fsp3) is 0.533. The molecule has 2 rings (SSSR count). The number of halogens is 2. The summed E-state index contributed by atoms with van der Waals surface area (Å²) in [7, 11) is 0. The molecule has 1 aliphatic heterocycles. The van der Waals surface area contributed by atoms with Crippen molar-refractivity contribution in [1.82, 2.24) is 4.90 Å². The molecule has 0 aliphatic carbocycles. The number of Topliss-reactive ketones (excluding diaryl/α,β-unsaturated/α-hetero) is 1. The molecule has 0 saturated carbocycles. The van der Waals surface area contributed by atoms with E-state index in [1.807, 2.05) is 0 Å². The van der Waals surface area contributed by atoms with E-state index >= 15 is 0 Å². The van der Waals surface area contributed by atoms with Crippen molar-refractivity contribution in [2.45, 2.75) is 32.1 Å². The molecule has 0 spiro atoms. The van der Waals surface area contributed by atoms with Crippen LogP contribution in [-0.2, 0) is 0 Å². The Morgan fingerprint density at radius 2 is 1.79 bits per heavy atom. The summed E-state index contributed by atoms with van der Waals surface area (Å²) >= 11 is 12.0. The maximum absolute atomic E-state index is 12.2. The monoisotopic (exact) mass is 299 g/mol. The van der Waals surface area contributed by atoms with E-state index in [4.69, 9.17) is 23.2 Å². The molecule has 0 unspecified atom stereocenters. The summed E-state index contributed by atoms with van der Waals surface area (Å²) in [6.45, 7) is 3.04. The lowest BCUT2D eigenvalue weighted by molar-refractivity contribution is 0.0965. The van der Waals surface area contributed by atoms with E-state index in [1.54, 1.807) is 18.2 Å². The predicted octanol–water partition coefficient (Wildman–Crippen LogP) is 4.44. The molecular weight excluding hydrogens is 281 g/mol. The molecule has 2 nitrogen and oxygen atoms in total. The molecule has 1 aromatic carbocycles. The number of carbonyl (C=O) groups is 1. The third-order valence-electron chi connectivity index (χ3n) is 3.58. The number of carbonyl (C=O) groups excluding carboxylic acids is 1. The molecule has 1 fully saturated rings. The van der Waals surface area contributed by atoms with Crippen LogP contribution in [0.3, 0.4) is 0 Å². The molecule has 1 heterocycles. The van der Waals surface area contributed by atoms with Crippen molar-refractivity contribution in [2.75, 3.05) is 19.6 Å². The molecule has 1 saturated heterocycles. The first-order valence-electron chi connectivity index (χ1n) is 6.87. The van der Waals surface area contributed by atoms with Crippen molar-refractivity contribution in [3.05, 3.63) is 33.8 Å². The van der Waals surface area contributed by atoms with Crippen LogP contribution in [0, 0.1) is 0 Å². The Hall–Kier alpha value is -0.570. The highest BCUT2D eigenvalue weighted by molar-refractivity contribution is 6.35. The van der Waals surface area contributed by atoms with Crippen molar-refractivity contribution in [2.24, 2.45) is 0 Å². The first-order valence-corrected chi connectivity index (χ1v) is 7.63. The second-order valence-electron chi connectivity index (χ2n) is 5.05. The Morgan fingerprint density at radius 1 is 1.11 bits per heavy atom. The van der Waals surface area contributed by atoms with Gasteiger partial charge in [-0.2, -0.15) is 0 Å². The van der Waals surface area contributed by atoms with Crippen LogP contribution < -0.4 is 0 Å². The van der Waals surface area contributed by atoms with Crippen LogP contribution in [0.2, 0.25) is 10.0 Å². The van der Waals surface area contributed by atoms with Gasteiger partial charge in [-0.3, -0.25) is 4.79 Å². The lowest BCUT2D eigenvalue weighted by Crippen LogP contribution is -2.27. The molecule has 0 radical (unpaired) electrons. The summed E-state index contributed by atoms with van der Waals surface area (Å²) in [5.41, 5.74) is 0.545. The summed E-state index contributed by atoms with van der Waals surface area (Å²) < 4.78 is 0. The second kappa shape index (κ2) is 7.28. The lowest BCUT2D eigenvalue weighted by Gasteiger charge is -2.19. The van der Waals surface area contributed by atoms with Gasteiger partial charge < -0.3 is 4.90 Å². The van der Waals surface area contributed by atoms with E-state index in [0.717, 1.165) is 19.6 Å². The van der Waals surface area contributed by atoms with Gasteiger partial charge in [0.05, 0.1) is 5.02 Å². The molecule has 0 bridgehead atoms. The number of rotatable bonds is 4. The largest absolute Gasteiger partial charge is 0.303 e. The highest BCUT2D eigenvalue weighted by Crippen LogP contribution is 2.22. The third kappa shape index (κ3) is 4.48. The standard InChI is InChI=1S/C15H19Cl2NO/c16-12-5-6-14(17)13(11-12)15(19)7-10-18-8-3-1-2-4-9-18/h5-6,11H,1-4,7-10H2. The number of hydrogen-bond donors (Lipinski definition) is 0. The maximum atomic E-state index is 12.2. The van der Waals surface area contributed by atoms with Crippen molar-refractivity contribution in [1.29, 1.82) is 0 Å². The molecule has 0 N–H and O–H groups in total. The lowest BCUT2D eigenvalue weighted by atomic mass is 10.1. The first kappa shape index (κ1) is 14.8. The van der Waals surface area contributed by atoms with Gasteiger partial charge in [0.2, 0.25) is 0 Å². The Kier molecular flexibility index (Phi) is 5.68. The second-order valence-corrected chi connectivity index (χ2v) is 5.90. The number of benzene rings is 1. The van der Waals surface area contributed by atoms with E-state index in [-0.39, 0.29) is 5.78 Å². The quantitative estimate of drug-likeness (QED) is 0.766. The molecule has 19 heavy (non-hydrogen) atoms. The van der Waals surface area contributed by atoms with Crippen molar-refractivity contribution in [3.63, 3.8) is 0 Å². The van der Waals surface area contributed by atoms with Gasteiger partial charge in [0.15, 0.2) is 5.78 Å². The van der Waals surface area contributed by atoms with Crippen LogP contribution in [0.15, 0.2) is 18.2 Å². The summed E-state index contributed by atoms with van der Waals surface area (Å²) in [6.07, 6.45) is 5.62. The maximum Gasteiger partial charge on any atom is 0.165 e. The van der Waals surface area contributed by atoms with Gasteiger partial charge in [-0.05, 0) is 44.1 Å². The predicted molar refractivity (Wildman–Crippen MR) is 80.3 cm³/mol. The molecular formula is C15H19Cl2NO. The average molecular weight is 300 g/mol. The van der Waals surface area contributed by atoms with Gasteiger partial charge in [0.25, 0.3) is 0 Å².